The van der Waals surface area contributed by atoms with Crippen molar-refractivity contribution in [3.63, 3.8) is 0 Å². The highest BCUT2D eigenvalue weighted by Crippen LogP contribution is 2.21. The highest BCUT2D eigenvalue weighted by molar-refractivity contribution is 5.53. The Morgan fingerprint density at radius 3 is 2.90 bits per heavy atom. The third-order valence-corrected chi connectivity index (χ3v) is 3.82. The molecule has 0 radical (unpaired) electrons. The number of hydrogen-bond donors (Lipinski definition) is 1. The Balaban J connectivity index is 1.72. The average molecular weight is 273 g/mol. The lowest BCUT2D eigenvalue weighted by molar-refractivity contribution is 0.150. The molecule has 5 nitrogen and oxygen atoms in total. The van der Waals surface area contributed by atoms with E-state index in [1.165, 1.54) is 5.56 Å². The molecule has 1 fully saturated rings. The number of likely N-dealkylation sites (tertiary alicyclic amines) is 1. The van der Waals surface area contributed by atoms with Crippen LogP contribution in [-0.4, -0.2) is 39.3 Å². The second-order valence-electron chi connectivity index (χ2n) is 5.33. The van der Waals surface area contributed by atoms with Gasteiger partial charge in [-0.1, -0.05) is 22.9 Å². The normalized spacial score (nSPS) is 19.6. The third-order valence-electron chi connectivity index (χ3n) is 3.82. The van der Waals surface area contributed by atoms with E-state index in [-0.39, 0.29) is 12.6 Å². The van der Waals surface area contributed by atoms with Crippen LogP contribution < -0.4 is 0 Å². The summed E-state index contributed by atoms with van der Waals surface area (Å²) in [6.07, 6.45) is 2.16. The predicted molar refractivity (Wildman–Crippen MR) is 75.0 cm³/mol. The minimum Gasteiger partial charge on any atom is -0.395 e. The number of aromatic nitrogens is 2. The van der Waals surface area contributed by atoms with Crippen LogP contribution in [0.1, 0.15) is 24.2 Å². The van der Waals surface area contributed by atoms with Crippen molar-refractivity contribution < 1.29 is 9.63 Å². The zero-order chi connectivity index (χ0) is 13.9. The molecule has 1 aliphatic rings. The molecule has 1 N–H and O–H groups in total. The van der Waals surface area contributed by atoms with E-state index in [4.69, 9.17) is 4.52 Å². The SMILES string of the molecule is Cc1ccc(-c2nc(CN3CCC[C@@H]3CO)no2)cc1. The summed E-state index contributed by atoms with van der Waals surface area (Å²) in [5.74, 6) is 1.24. The third kappa shape index (κ3) is 2.73. The molecule has 1 atom stereocenters. The van der Waals surface area contributed by atoms with Crippen molar-refractivity contribution in [2.45, 2.75) is 32.4 Å². The Kier molecular flexibility index (Phi) is 3.80. The van der Waals surface area contributed by atoms with Gasteiger partial charge < -0.3 is 9.63 Å². The van der Waals surface area contributed by atoms with E-state index < -0.39 is 0 Å². The first-order chi connectivity index (χ1) is 9.76. The van der Waals surface area contributed by atoms with Gasteiger partial charge in [-0.15, -0.1) is 0 Å². The summed E-state index contributed by atoms with van der Waals surface area (Å²) in [7, 11) is 0. The molecule has 1 saturated heterocycles. The monoisotopic (exact) mass is 273 g/mol. The van der Waals surface area contributed by atoms with Crippen molar-refractivity contribution in [3.8, 4) is 11.5 Å². The minimum absolute atomic E-state index is 0.197. The lowest BCUT2D eigenvalue weighted by atomic mass is 10.1. The summed E-state index contributed by atoms with van der Waals surface area (Å²) in [4.78, 5) is 6.65. The van der Waals surface area contributed by atoms with Gasteiger partial charge >= 0.3 is 0 Å². The first-order valence-corrected chi connectivity index (χ1v) is 7.01. The fourth-order valence-corrected chi connectivity index (χ4v) is 2.62. The van der Waals surface area contributed by atoms with Gasteiger partial charge in [-0.25, -0.2) is 0 Å². The quantitative estimate of drug-likeness (QED) is 0.923. The molecule has 5 heteroatoms. The van der Waals surface area contributed by atoms with Gasteiger partial charge in [0.1, 0.15) is 0 Å². The number of nitrogens with zero attached hydrogens (tertiary/aromatic N) is 3. The average Bonchev–Trinajstić information content (AvgIpc) is 3.09. The van der Waals surface area contributed by atoms with Crippen LogP contribution in [0.3, 0.4) is 0 Å². The smallest absolute Gasteiger partial charge is 0.257 e. The Morgan fingerprint density at radius 2 is 2.15 bits per heavy atom. The van der Waals surface area contributed by atoms with Crippen LogP contribution >= 0.6 is 0 Å². The van der Waals surface area contributed by atoms with Gasteiger partial charge in [0.25, 0.3) is 5.89 Å². The maximum absolute atomic E-state index is 9.32. The van der Waals surface area contributed by atoms with Gasteiger partial charge in [-0.05, 0) is 38.4 Å². The lowest BCUT2D eigenvalue weighted by Gasteiger charge is -2.20. The van der Waals surface area contributed by atoms with E-state index >= 15 is 0 Å². The van der Waals surface area contributed by atoms with Crippen molar-refractivity contribution in [2.24, 2.45) is 0 Å². The van der Waals surface area contributed by atoms with Crippen molar-refractivity contribution in [3.05, 3.63) is 35.7 Å². The van der Waals surface area contributed by atoms with E-state index in [9.17, 15) is 5.11 Å². The molecule has 0 spiro atoms. The number of aryl methyl sites for hydroxylation is 1. The predicted octanol–water partition coefficient (Wildman–Crippen LogP) is 2.00. The molecular formula is C15H19N3O2. The van der Waals surface area contributed by atoms with Gasteiger partial charge in [-0.2, -0.15) is 4.98 Å². The van der Waals surface area contributed by atoms with E-state index in [0.29, 0.717) is 18.3 Å². The van der Waals surface area contributed by atoms with E-state index in [1.54, 1.807) is 0 Å². The zero-order valence-electron chi connectivity index (χ0n) is 11.6. The second kappa shape index (κ2) is 5.73. The number of aliphatic hydroxyl groups is 1. The first-order valence-electron chi connectivity index (χ1n) is 7.01. The highest BCUT2D eigenvalue weighted by atomic mass is 16.5. The maximum atomic E-state index is 9.32. The van der Waals surface area contributed by atoms with Crippen LogP contribution in [0.5, 0.6) is 0 Å². The molecule has 0 unspecified atom stereocenters. The molecule has 1 aliphatic heterocycles. The molecule has 0 bridgehead atoms. The van der Waals surface area contributed by atoms with Crippen LogP contribution in [0.15, 0.2) is 28.8 Å². The fraction of sp³-hybridized carbons (Fsp3) is 0.467. The zero-order valence-corrected chi connectivity index (χ0v) is 11.6. The first kappa shape index (κ1) is 13.3. The molecule has 1 aromatic heterocycles. The minimum atomic E-state index is 0.197. The molecular weight excluding hydrogens is 254 g/mol. The Hall–Kier alpha value is -1.72. The Labute approximate surface area is 118 Å². The van der Waals surface area contributed by atoms with Gasteiger partial charge in [-0.3, -0.25) is 4.90 Å². The topological polar surface area (TPSA) is 62.4 Å². The van der Waals surface area contributed by atoms with E-state index in [0.717, 1.165) is 24.9 Å². The van der Waals surface area contributed by atoms with Gasteiger partial charge in [0.05, 0.1) is 13.2 Å². The van der Waals surface area contributed by atoms with E-state index in [1.807, 2.05) is 31.2 Å². The van der Waals surface area contributed by atoms with Crippen LogP contribution in [0.25, 0.3) is 11.5 Å². The second-order valence-corrected chi connectivity index (χ2v) is 5.33. The summed E-state index contributed by atoms with van der Waals surface area (Å²) in [5, 5.41) is 13.4. The molecule has 1 aromatic carbocycles. The van der Waals surface area contributed by atoms with Crippen molar-refractivity contribution in [1.82, 2.24) is 15.0 Å². The summed E-state index contributed by atoms with van der Waals surface area (Å²) in [5.41, 5.74) is 2.14. The molecule has 0 amide bonds. The Morgan fingerprint density at radius 1 is 1.35 bits per heavy atom. The van der Waals surface area contributed by atoms with E-state index in [2.05, 4.69) is 15.0 Å². The molecule has 20 heavy (non-hydrogen) atoms. The van der Waals surface area contributed by atoms with Crippen molar-refractivity contribution in [2.75, 3.05) is 13.2 Å². The summed E-state index contributed by atoms with van der Waals surface area (Å²) in [6, 6.07) is 8.26. The molecule has 106 valence electrons. The number of rotatable bonds is 4. The summed E-state index contributed by atoms with van der Waals surface area (Å²) >= 11 is 0. The largest absolute Gasteiger partial charge is 0.395 e. The van der Waals surface area contributed by atoms with Crippen molar-refractivity contribution in [1.29, 1.82) is 0 Å². The van der Waals surface area contributed by atoms with Crippen LogP contribution in [0, 0.1) is 6.92 Å². The van der Waals surface area contributed by atoms with Crippen LogP contribution in [-0.2, 0) is 6.54 Å². The van der Waals surface area contributed by atoms with Gasteiger partial charge in [0.2, 0.25) is 0 Å². The number of aliphatic hydroxyl groups excluding tert-OH is 1. The van der Waals surface area contributed by atoms with Gasteiger partial charge in [0, 0.05) is 11.6 Å². The molecule has 2 aromatic rings. The van der Waals surface area contributed by atoms with Crippen molar-refractivity contribution >= 4 is 0 Å². The molecule has 0 saturated carbocycles. The maximum Gasteiger partial charge on any atom is 0.257 e. The summed E-state index contributed by atoms with van der Waals surface area (Å²) in [6.45, 7) is 3.87. The highest BCUT2D eigenvalue weighted by Gasteiger charge is 2.25. The van der Waals surface area contributed by atoms with Gasteiger partial charge in [0.15, 0.2) is 5.82 Å². The number of benzene rings is 1. The fourth-order valence-electron chi connectivity index (χ4n) is 2.62. The molecule has 0 aliphatic carbocycles. The lowest BCUT2D eigenvalue weighted by Crippen LogP contribution is -2.31. The molecule has 2 heterocycles. The Bertz CT molecular complexity index is 565. The van der Waals surface area contributed by atoms with Crippen LogP contribution in [0.4, 0.5) is 0 Å². The van der Waals surface area contributed by atoms with Crippen LogP contribution in [0.2, 0.25) is 0 Å². The standard InChI is InChI=1S/C15H19N3O2/c1-11-4-6-12(7-5-11)15-16-14(17-20-15)9-18-8-2-3-13(18)10-19/h4-7,13,19H,2-3,8-10H2,1H3/t13-/m1/s1. The molecule has 3 rings (SSSR count). The summed E-state index contributed by atoms with van der Waals surface area (Å²) < 4.78 is 5.32. The number of hydrogen-bond acceptors (Lipinski definition) is 5.